The Morgan fingerprint density at radius 1 is 1.52 bits per heavy atom. The summed E-state index contributed by atoms with van der Waals surface area (Å²) >= 11 is 1.37. The van der Waals surface area contributed by atoms with Gasteiger partial charge in [-0.15, -0.1) is 17.8 Å². The third-order valence-electron chi connectivity index (χ3n) is 2.88. The molecule has 126 valence electrons. The van der Waals surface area contributed by atoms with Gasteiger partial charge in [0, 0.05) is 11.9 Å². The van der Waals surface area contributed by atoms with Crippen LogP contribution >= 0.6 is 11.3 Å². The molecular formula is C14H21N5O3S. The van der Waals surface area contributed by atoms with Gasteiger partial charge in [-0.3, -0.25) is 4.79 Å². The van der Waals surface area contributed by atoms with E-state index >= 15 is 0 Å². The van der Waals surface area contributed by atoms with Gasteiger partial charge in [0.1, 0.15) is 6.04 Å². The van der Waals surface area contributed by atoms with Gasteiger partial charge < -0.3 is 26.8 Å². The lowest BCUT2D eigenvalue weighted by Gasteiger charge is -2.20. The molecule has 0 spiro atoms. The summed E-state index contributed by atoms with van der Waals surface area (Å²) in [5.41, 5.74) is 6.41. The van der Waals surface area contributed by atoms with E-state index in [1.165, 1.54) is 18.3 Å². The van der Waals surface area contributed by atoms with E-state index in [0.29, 0.717) is 24.5 Å². The fraction of sp³-hybridized carbons (Fsp3) is 0.500. The summed E-state index contributed by atoms with van der Waals surface area (Å²) < 4.78 is 0. The average Bonchev–Trinajstić information content (AvgIpc) is 2.92. The number of rotatable bonds is 8. The lowest BCUT2D eigenvalue weighted by Crippen LogP contribution is -2.55. The summed E-state index contributed by atoms with van der Waals surface area (Å²) in [4.78, 5) is 27.6. The van der Waals surface area contributed by atoms with Crippen molar-refractivity contribution >= 4 is 28.4 Å². The summed E-state index contributed by atoms with van der Waals surface area (Å²) in [6, 6.07) is -1.61. The van der Waals surface area contributed by atoms with Gasteiger partial charge in [-0.2, -0.15) is 0 Å². The molecule has 0 fully saturated rings. The Morgan fingerprint density at radius 2 is 2.26 bits per heavy atom. The third kappa shape index (κ3) is 6.99. The summed E-state index contributed by atoms with van der Waals surface area (Å²) in [5.74, 6) is 1.71. The van der Waals surface area contributed by atoms with Gasteiger partial charge in [-0.05, 0) is 19.8 Å². The minimum atomic E-state index is -1.07. The van der Waals surface area contributed by atoms with Crippen LogP contribution in [0.1, 0.15) is 19.0 Å². The Morgan fingerprint density at radius 3 is 2.83 bits per heavy atom. The highest BCUT2D eigenvalue weighted by atomic mass is 32.1. The molecule has 0 unspecified atom stereocenters. The van der Waals surface area contributed by atoms with Gasteiger partial charge in [0.25, 0.3) is 0 Å². The SMILES string of the molecule is C#CCNC(=O)[C@@H](NC(=O)NCCCc1csc(N)n1)[C@@H](C)O. The summed E-state index contributed by atoms with van der Waals surface area (Å²) in [5, 5.41) is 19.4. The molecule has 0 aromatic carbocycles. The summed E-state index contributed by atoms with van der Waals surface area (Å²) in [6.45, 7) is 1.84. The molecule has 0 bridgehead atoms. The molecular weight excluding hydrogens is 318 g/mol. The minimum absolute atomic E-state index is 0.0299. The zero-order valence-electron chi connectivity index (χ0n) is 12.8. The van der Waals surface area contributed by atoms with Gasteiger partial charge >= 0.3 is 6.03 Å². The Balaban J connectivity index is 2.32. The van der Waals surface area contributed by atoms with Crippen LogP contribution in [0.15, 0.2) is 5.38 Å². The van der Waals surface area contributed by atoms with Crippen LogP contribution in [0.25, 0.3) is 0 Å². The predicted octanol–water partition coefficient (Wildman–Crippen LogP) is -0.544. The number of nitrogens with two attached hydrogens (primary N) is 1. The highest BCUT2D eigenvalue weighted by Gasteiger charge is 2.24. The van der Waals surface area contributed by atoms with Gasteiger partial charge in [0.05, 0.1) is 18.3 Å². The maximum atomic E-state index is 11.8. The van der Waals surface area contributed by atoms with Crippen molar-refractivity contribution in [2.75, 3.05) is 18.8 Å². The highest BCUT2D eigenvalue weighted by Crippen LogP contribution is 2.11. The van der Waals surface area contributed by atoms with E-state index in [0.717, 1.165) is 5.69 Å². The Labute approximate surface area is 138 Å². The second-order valence-corrected chi connectivity index (χ2v) is 5.71. The van der Waals surface area contributed by atoms with Crippen molar-refractivity contribution < 1.29 is 14.7 Å². The number of aryl methyl sites for hydroxylation is 1. The number of hydrogen-bond acceptors (Lipinski definition) is 6. The van der Waals surface area contributed by atoms with Crippen LogP contribution in [0, 0.1) is 12.3 Å². The maximum absolute atomic E-state index is 11.8. The molecule has 0 aliphatic carbocycles. The predicted molar refractivity (Wildman–Crippen MR) is 88.7 cm³/mol. The van der Waals surface area contributed by atoms with E-state index in [9.17, 15) is 14.7 Å². The number of aliphatic hydroxyl groups is 1. The topological polar surface area (TPSA) is 129 Å². The van der Waals surface area contributed by atoms with Crippen LogP contribution < -0.4 is 21.7 Å². The van der Waals surface area contributed by atoms with Crippen LogP contribution in [0.5, 0.6) is 0 Å². The van der Waals surface area contributed by atoms with Crippen molar-refractivity contribution in [2.24, 2.45) is 0 Å². The number of nitrogens with zero attached hydrogens (tertiary/aromatic N) is 1. The third-order valence-corrected chi connectivity index (χ3v) is 3.60. The van der Waals surface area contributed by atoms with Crippen LogP contribution in [0.2, 0.25) is 0 Å². The standard InChI is InChI=1S/C14H21N5O3S/c1-3-6-16-12(21)11(9(2)20)19-14(22)17-7-4-5-10-8-23-13(15)18-10/h1,8-9,11,20H,4-7H2,2H3,(H2,15,18)(H,16,21)(H2,17,19,22)/t9-,11+/m1/s1. The van der Waals surface area contributed by atoms with Gasteiger partial charge in [-0.1, -0.05) is 5.92 Å². The molecule has 9 heteroatoms. The van der Waals surface area contributed by atoms with Crippen molar-refractivity contribution in [3.8, 4) is 12.3 Å². The number of carbonyl (C=O) groups is 2. The molecule has 23 heavy (non-hydrogen) atoms. The first-order valence-electron chi connectivity index (χ1n) is 7.07. The fourth-order valence-electron chi connectivity index (χ4n) is 1.75. The van der Waals surface area contributed by atoms with E-state index in [1.807, 2.05) is 5.38 Å². The molecule has 1 heterocycles. The Kier molecular flexibility index (Phi) is 7.87. The van der Waals surface area contributed by atoms with E-state index < -0.39 is 24.1 Å². The van der Waals surface area contributed by atoms with Gasteiger partial charge in [0.2, 0.25) is 5.91 Å². The first-order chi connectivity index (χ1) is 10.9. The Bertz CT molecular complexity index is 567. The lowest BCUT2D eigenvalue weighted by molar-refractivity contribution is -0.124. The van der Waals surface area contributed by atoms with Crippen LogP contribution in [-0.4, -0.2) is 47.3 Å². The molecule has 8 nitrogen and oxygen atoms in total. The molecule has 0 aliphatic rings. The molecule has 0 saturated heterocycles. The fourth-order valence-corrected chi connectivity index (χ4v) is 2.35. The quantitative estimate of drug-likeness (QED) is 0.321. The number of nitrogen functional groups attached to an aromatic ring is 1. The number of urea groups is 1. The zero-order valence-corrected chi connectivity index (χ0v) is 13.7. The molecule has 0 radical (unpaired) electrons. The molecule has 6 N–H and O–H groups in total. The monoisotopic (exact) mass is 339 g/mol. The number of terminal acetylenes is 1. The number of nitrogens with one attached hydrogen (secondary N) is 3. The lowest BCUT2D eigenvalue weighted by atomic mass is 10.1. The molecule has 0 aliphatic heterocycles. The van der Waals surface area contributed by atoms with E-state index in [2.05, 4.69) is 26.9 Å². The van der Waals surface area contributed by atoms with Crippen LogP contribution in [0.3, 0.4) is 0 Å². The van der Waals surface area contributed by atoms with Crippen molar-refractivity contribution in [1.82, 2.24) is 20.9 Å². The van der Waals surface area contributed by atoms with Crippen LogP contribution in [0.4, 0.5) is 9.93 Å². The number of thiazole rings is 1. The van der Waals surface area contributed by atoms with Crippen molar-refractivity contribution in [2.45, 2.75) is 31.9 Å². The van der Waals surface area contributed by atoms with E-state index in [-0.39, 0.29) is 6.54 Å². The summed E-state index contributed by atoms with van der Waals surface area (Å²) in [6.07, 6.45) is 5.37. The zero-order chi connectivity index (χ0) is 17.2. The molecule has 1 aromatic heterocycles. The largest absolute Gasteiger partial charge is 0.391 e. The second kappa shape index (κ2) is 9.66. The number of hydrogen-bond donors (Lipinski definition) is 5. The normalized spacial score (nSPS) is 12.7. The average molecular weight is 339 g/mol. The van der Waals surface area contributed by atoms with Crippen LogP contribution in [-0.2, 0) is 11.2 Å². The van der Waals surface area contributed by atoms with Crippen molar-refractivity contribution in [3.05, 3.63) is 11.1 Å². The molecule has 2 atom stereocenters. The molecule has 1 rings (SSSR count). The van der Waals surface area contributed by atoms with Crippen molar-refractivity contribution in [3.63, 3.8) is 0 Å². The van der Waals surface area contributed by atoms with Crippen molar-refractivity contribution in [1.29, 1.82) is 0 Å². The molecule has 3 amide bonds. The molecule has 1 aromatic rings. The maximum Gasteiger partial charge on any atom is 0.315 e. The number of carbonyl (C=O) groups excluding carboxylic acids is 2. The number of amides is 3. The first kappa shape index (κ1) is 18.7. The van der Waals surface area contributed by atoms with Gasteiger partial charge in [-0.25, -0.2) is 9.78 Å². The number of aliphatic hydroxyl groups excluding tert-OH is 1. The first-order valence-corrected chi connectivity index (χ1v) is 7.95. The molecule has 0 saturated carbocycles. The number of anilines is 1. The Hall–Kier alpha value is -2.31. The summed E-state index contributed by atoms with van der Waals surface area (Å²) in [7, 11) is 0. The minimum Gasteiger partial charge on any atom is -0.391 e. The van der Waals surface area contributed by atoms with Gasteiger partial charge in [0.15, 0.2) is 5.13 Å². The van der Waals surface area contributed by atoms with E-state index in [4.69, 9.17) is 12.2 Å². The van der Waals surface area contributed by atoms with E-state index in [1.54, 1.807) is 0 Å². The highest BCUT2D eigenvalue weighted by molar-refractivity contribution is 7.13. The number of aromatic nitrogens is 1. The second-order valence-electron chi connectivity index (χ2n) is 4.82. The smallest absolute Gasteiger partial charge is 0.315 e.